The molecule has 3 rings (SSSR count). The largest absolute Gasteiger partial charge is 0.477 e. The van der Waals surface area contributed by atoms with Crippen molar-refractivity contribution in [3.63, 3.8) is 0 Å². The Kier molecular flexibility index (Phi) is 7.16. The van der Waals surface area contributed by atoms with Crippen molar-refractivity contribution in [3.05, 3.63) is 10.6 Å². The number of β-lactam (4-membered cyclic amide) rings is 1. The number of carboxylic acids is 1. The van der Waals surface area contributed by atoms with Crippen LogP contribution in [0.2, 0.25) is 0 Å². The molecule has 6 atom stereocenters. The lowest BCUT2D eigenvalue weighted by molar-refractivity contribution is -0.270. The summed E-state index contributed by atoms with van der Waals surface area (Å²) in [7, 11) is 3.21. The number of alkyl halides is 5. The molecule has 35 heavy (non-hydrogen) atoms. The van der Waals surface area contributed by atoms with Crippen LogP contribution < -0.4 is 10.6 Å². The number of nitrogens with one attached hydrogen (secondary N) is 2. The Labute approximate surface area is 201 Å². The van der Waals surface area contributed by atoms with E-state index in [1.165, 1.54) is 16.7 Å². The third-order valence-corrected chi connectivity index (χ3v) is 7.96. The summed E-state index contributed by atoms with van der Waals surface area (Å²) in [5.74, 6) is -12.3. The predicted octanol–water partition coefficient (Wildman–Crippen LogP) is 1.01. The number of hydrogen-bond donors (Lipinski definition) is 3. The zero-order valence-corrected chi connectivity index (χ0v) is 20.0. The molecule has 0 radical (unpaired) electrons. The second-order valence-electron chi connectivity index (χ2n) is 9.03. The highest BCUT2D eigenvalue weighted by Crippen LogP contribution is 2.52. The number of likely N-dealkylation sites (N-methyl/N-ethyl adjacent to an activating group) is 1. The van der Waals surface area contributed by atoms with Gasteiger partial charge in [-0.3, -0.25) is 14.4 Å². The Balaban J connectivity index is 1.75. The highest BCUT2D eigenvalue weighted by atomic mass is 32.2. The summed E-state index contributed by atoms with van der Waals surface area (Å²) in [5, 5.41) is 14.2. The molecule has 9 nitrogen and oxygen atoms in total. The van der Waals surface area contributed by atoms with Crippen molar-refractivity contribution >= 4 is 35.5 Å². The number of aliphatic carboxylic acids is 1. The molecule has 3 aliphatic heterocycles. The van der Waals surface area contributed by atoms with Crippen molar-refractivity contribution in [1.29, 1.82) is 0 Å². The Morgan fingerprint density at radius 3 is 2.34 bits per heavy atom. The van der Waals surface area contributed by atoms with Crippen LogP contribution in [0.1, 0.15) is 20.3 Å². The molecule has 0 aromatic carbocycles. The van der Waals surface area contributed by atoms with Crippen molar-refractivity contribution < 1.29 is 46.2 Å². The van der Waals surface area contributed by atoms with E-state index < -0.39 is 59.8 Å². The molecular weight excluding hydrogens is 503 g/mol. The van der Waals surface area contributed by atoms with E-state index in [2.05, 4.69) is 5.32 Å². The van der Waals surface area contributed by atoms with Crippen LogP contribution in [-0.2, 0) is 19.2 Å². The first kappa shape index (κ1) is 27.2. The third-order valence-electron chi connectivity index (χ3n) is 6.45. The molecule has 3 N–H and O–H groups in total. The van der Waals surface area contributed by atoms with Crippen LogP contribution in [0.15, 0.2) is 10.6 Å². The van der Waals surface area contributed by atoms with E-state index in [1.807, 2.05) is 0 Å². The first-order valence-corrected chi connectivity index (χ1v) is 11.6. The molecule has 2 fully saturated rings. The monoisotopic (exact) mass is 528 g/mol. The second-order valence-corrected chi connectivity index (χ2v) is 10.4. The average molecular weight is 529 g/mol. The number of carbonyl (C=O) groups is 4. The van der Waals surface area contributed by atoms with Crippen LogP contribution in [0.3, 0.4) is 0 Å². The van der Waals surface area contributed by atoms with Gasteiger partial charge in [-0.1, -0.05) is 6.92 Å². The van der Waals surface area contributed by atoms with Crippen LogP contribution in [0.25, 0.3) is 0 Å². The molecule has 0 aliphatic carbocycles. The van der Waals surface area contributed by atoms with Gasteiger partial charge in [-0.25, -0.2) is 4.79 Å². The van der Waals surface area contributed by atoms with Gasteiger partial charge in [-0.05, 0) is 13.3 Å². The van der Waals surface area contributed by atoms with Gasteiger partial charge in [0, 0.05) is 42.8 Å². The minimum Gasteiger partial charge on any atom is -0.477 e. The summed E-state index contributed by atoms with van der Waals surface area (Å²) in [4.78, 5) is 51.3. The number of nitrogens with zero attached hydrogens (tertiary/aromatic N) is 2. The lowest BCUT2D eigenvalue weighted by Crippen LogP contribution is -2.67. The quantitative estimate of drug-likeness (QED) is 0.334. The molecule has 196 valence electrons. The van der Waals surface area contributed by atoms with Gasteiger partial charge in [0.05, 0.1) is 18.0 Å². The lowest BCUT2D eigenvalue weighted by Gasteiger charge is -2.47. The minimum atomic E-state index is -6.10. The fourth-order valence-corrected chi connectivity index (χ4v) is 6.16. The number of hydrogen-bond acceptors (Lipinski definition) is 6. The van der Waals surface area contributed by atoms with Gasteiger partial charge in [0.2, 0.25) is 11.8 Å². The molecule has 0 saturated carbocycles. The Morgan fingerprint density at radius 1 is 1.23 bits per heavy atom. The van der Waals surface area contributed by atoms with Crippen molar-refractivity contribution in [2.75, 3.05) is 20.6 Å². The lowest BCUT2D eigenvalue weighted by atomic mass is 9.78. The number of thioether (sulfide) groups is 1. The molecule has 3 amide bonds. The van der Waals surface area contributed by atoms with Crippen molar-refractivity contribution in [2.24, 2.45) is 11.8 Å². The summed E-state index contributed by atoms with van der Waals surface area (Å²) in [6.45, 7) is 3.15. The number of amides is 3. The van der Waals surface area contributed by atoms with Gasteiger partial charge in [0.25, 0.3) is 0 Å². The van der Waals surface area contributed by atoms with Crippen LogP contribution in [0.4, 0.5) is 22.0 Å². The predicted molar refractivity (Wildman–Crippen MR) is 113 cm³/mol. The first-order valence-electron chi connectivity index (χ1n) is 10.7. The molecular formula is C20H25F5N4O5S. The maximum atomic E-state index is 13.4. The van der Waals surface area contributed by atoms with Crippen molar-refractivity contribution in [1.82, 2.24) is 20.4 Å². The van der Waals surface area contributed by atoms with Crippen LogP contribution >= 0.6 is 11.8 Å². The minimum absolute atomic E-state index is 0.140. The molecule has 0 aromatic rings. The smallest absolute Gasteiger partial charge is 0.463 e. The number of fused-ring (bicyclic) bond motifs is 1. The zero-order chi connectivity index (χ0) is 26.6. The summed E-state index contributed by atoms with van der Waals surface area (Å²) >= 11 is 1.19. The number of halogens is 5. The van der Waals surface area contributed by atoms with Gasteiger partial charge in [-0.2, -0.15) is 22.0 Å². The normalized spacial score (nSPS) is 29.6. The molecule has 15 heteroatoms. The van der Waals surface area contributed by atoms with Gasteiger partial charge < -0.3 is 25.5 Å². The highest BCUT2D eigenvalue weighted by Gasteiger charge is 2.65. The highest BCUT2D eigenvalue weighted by molar-refractivity contribution is 8.03. The summed E-state index contributed by atoms with van der Waals surface area (Å²) in [6, 6.07) is -2.69. The first-order chi connectivity index (χ1) is 16.0. The standard InChI is InChI=1S/C20H25F5N4O5S/c1-7-12-11(8(2)27-18(34)19(21,22)20(23,24)25)16(31)29(12)13(17(32)33)14(7)35-9-5-10(26-6-9)15(30)28(3)4/h7-12,26H,5-6H2,1-4H3,(H,27,34)(H,32,33)/t7-,8-,9+,10+,11-,12-/m1/s1. The van der Waals surface area contributed by atoms with E-state index in [0.717, 1.165) is 11.8 Å². The Morgan fingerprint density at radius 2 is 1.83 bits per heavy atom. The number of carboxylic acid groups (broad SMARTS) is 1. The van der Waals surface area contributed by atoms with E-state index in [4.69, 9.17) is 0 Å². The maximum absolute atomic E-state index is 13.4. The summed E-state index contributed by atoms with van der Waals surface area (Å²) in [6.07, 6.45) is -5.69. The fraction of sp³-hybridized carbons (Fsp3) is 0.700. The molecule has 3 heterocycles. The second kappa shape index (κ2) is 9.22. The molecule has 3 aliphatic rings. The fourth-order valence-electron chi connectivity index (χ4n) is 4.68. The molecule has 0 bridgehead atoms. The van der Waals surface area contributed by atoms with Crippen molar-refractivity contribution in [3.8, 4) is 0 Å². The van der Waals surface area contributed by atoms with Gasteiger partial charge in [-0.15, -0.1) is 11.8 Å². The summed E-state index contributed by atoms with van der Waals surface area (Å²) < 4.78 is 64.2. The van der Waals surface area contributed by atoms with Crippen LogP contribution in [-0.4, -0.2) is 94.7 Å². The molecule has 0 aromatic heterocycles. The van der Waals surface area contributed by atoms with E-state index in [-0.39, 0.29) is 16.9 Å². The number of rotatable bonds is 7. The third kappa shape index (κ3) is 4.59. The average Bonchev–Trinajstić information content (AvgIpc) is 3.28. The SMILES string of the molecule is C[C@@H](NC(=O)C(F)(F)C(F)(F)F)[C@H]1C(=O)N2C(C(=O)O)=C(S[C@@H]3CN[C@H](C(=O)N(C)C)C3)[C@H](C)[C@H]12. The van der Waals surface area contributed by atoms with Crippen molar-refractivity contribution in [2.45, 2.75) is 55.7 Å². The van der Waals surface area contributed by atoms with E-state index in [1.54, 1.807) is 26.3 Å². The Bertz CT molecular complexity index is 972. The molecule has 2 saturated heterocycles. The van der Waals surface area contributed by atoms with E-state index in [0.29, 0.717) is 17.9 Å². The van der Waals surface area contributed by atoms with E-state index >= 15 is 0 Å². The van der Waals surface area contributed by atoms with Crippen LogP contribution in [0.5, 0.6) is 0 Å². The number of carbonyl (C=O) groups excluding carboxylic acids is 3. The van der Waals surface area contributed by atoms with Gasteiger partial charge in [0.15, 0.2) is 0 Å². The maximum Gasteiger partial charge on any atom is 0.463 e. The molecule has 0 spiro atoms. The van der Waals surface area contributed by atoms with E-state index in [9.17, 15) is 46.2 Å². The van der Waals surface area contributed by atoms with Crippen LogP contribution in [0, 0.1) is 11.8 Å². The molecule has 0 unspecified atom stereocenters. The van der Waals surface area contributed by atoms with Gasteiger partial charge in [0.1, 0.15) is 5.70 Å². The van der Waals surface area contributed by atoms with Gasteiger partial charge >= 0.3 is 24.0 Å². The topological polar surface area (TPSA) is 119 Å². The summed E-state index contributed by atoms with van der Waals surface area (Å²) in [5.41, 5.74) is -0.282. The Hall–Kier alpha value is -2.42. The zero-order valence-electron chi connectivity index (χ0n) is 19.2.